The fourth-order valence-corrected chi connectivity index (χ4v) is 2.00. The fraction of sp³-hybridized carbons (Fsp3) is 0.300. The maximum absolute atomic E-state index is 6.02. The molecular formula is C10H11N5. The minimum atomic E-state index is 0.685. The maximum Gasteiger partial charge on any atom is 0.177 e. The summed E-state index contributed by atoms with van der Waals surface area (Å²) in [6.45, 7) is 0. The van der Waals surface area contributed by atoms with Gasteiger partial charge in [-0.2, -0.15) is 14.9 Å². The van der Waals surface area contributed by atoms with E-state index < -0.39 is 0 Å². The van der Waals surface area contributed by atoms with Gasteiger partial charge in [0.05, 0.1) is 5.69 Å². The van der Waals surface area contributed by atoms with E-state index in [9.17, 15) is 0 Å². The molecule has 0 amide bonds. The van der Waals surface area contributed by atoms with Crippen LogP contribution in [0.25, 0.3) is 5.82 Å². The number of hydrogen-bond acceptors (Lipinski definition) is 4. The molecule has 1 aliphatic carbocycles. The van der Waals surface area contributed by atoms with Crippen LogP contribution in [0.4, 0.5) is 5.82 Å². The molecule has 0 atom stereocenters. The zero-order valence-electron chi connectivity index (χ0n) is 8.22. The van der Waals surface area contributed by atoms with Crippen molar-refractivity contribution in [2.75, 3.05) is 5.73 Å². The molecule has 0 aliphatic heterocycles. The van der Waals surface area contributed by atoms with Gasteiger partial charge in [0.1, 0.15) is 5.82 Å². The van der Waals surface area contributed by atoms with E-state index in [-0.39, 0.29) is 0 Å². The summed E-state index contributed by atoms with van der Waals surface area (Å²) in [7, 11) is 0. The molecule has 1 aliphatic rings. The number of fused-ring (bicyclic) bond motifs is 1. The van der Waals surface area contributed by atoms with Gasteiger partial charge in [0.15, 0.2) is 5.82 Å². The van der Waals surface area contributed by atoms with Crippen LogP contribution < -0.4 is 5.73 Å². The minimum Gasteiger partial charge on any atom is -0.383 e. The summed E-state index contributed by atoms with van der Waals surface area (Å²) in [5.74, 6) is 1.40. The first-order valence-electron chi connectivity index (χ1n) is 5.00. The zero-order valence-corrected chi connectivity index (χ0v) is 8.22. The summed E-state index contributed by atoms with van der Waals surface area (Å²) in [4.78, 5) is 0. The van der Waals surface area contributed by atoms with Gasteiger partial charge in [-0.1, -0.05) is 0 Å². The van der Waals surface area contributed by atoms with Crippen molar-refractivity contribution in [3.63, 3.8) is 0 Å². The van der Waals surface area contributed by atoms with E-state index in [0.29, 0.717) is 11.6 Å². The second kappa shape index (κ2) is 3.05. The van der Waals surface area contributed by atoms with Crippen molar-refractivity contribution in [2.24, 2.45) is 0 Å². The first-order valence-corrected chi connectivity index (χ1v) is 5.00. The molecule has 76 valence electrons. The number of nitrogens with two attached hydrogens (primary N) is 1. The summed E-state index contributed by atoms with van der Waals surface area (Å²) < 4.78 is 1.68. The van der Waals surface area contributed by atoms with Crippen LogP contribution in [0.15, 0.2) is 18.3 Å². The number of nitrogen functional groups attached to an aromatic ring is 1. The predicted octanol–water partition coefficient (Wildman–Crippen LogP) is 0.733. The van der Waals surface area contributed by atoms with E-state index >= 15 is 0 Å². The lowest BCUT2D eigenvalue weighted by Gasteiger charge is -2.02. The summed E-state index contributed by atoms with van der Waals surface area (Å²) in [5.41, 5.74) is 8.31. The van der Waals surface area contributed by atoms with Crippen molar-refractivity contribution < 1.29 is 0 Å². The van der Waals surface area contributed by atoms with Gasteiger partial charge < -0.3 is 5.73 Å². The van der Waals surface area contributed by atoms with Crippen LogP contribution >= 0.6 is 0 Å². The monoisotopic (exact) mass is 201 g/mol. The predicted molar refractivity (Wildman–Crippen MR) is 55.6 cm³/mol. The van der Waals surface area contributed by atoms with E-state index in [1.165, 1.54) is 5.56 Å². The van der Waals surface area contributed by atoms with Crippen molar-refractivity contribution >= 4 is 5.82 Å². The van der Waals surface area contributed by atoms with Gasteiger partial charge in [-0.25, -0.2) is 0 Å². The largest absolute Gasteiger partial charge is 0.383 e. The summed E-state index contributed by atoms with van der Waals surface area (Å²) in [6.07, 6.45) is 4.84. The molecule has 0 unspecified atom stereocenters. The third-order valence-electron chi connectivity index (χ3n) is 2.72. The highest BCUT2D eigenvalue weighted by atomic mass is 15.4. The average Bonchev–Trinajstić information content (AvgIpc) is 2.83. The Morgan fingerprint density at radius 3 is 3.00 bits per heavy atom. The van der Waals surface area contributed by atoms with Crippen LogP contribution in [0.3, 0.4) is 0 Å². The molecule has 2 aromatic rings. The van der Waals surface area contributed by atoms with Gasteiger partial charge in [-0.15, -0.1) is 5.10 Å². The molecule has 5 nitrogen and oxygen atoms in total. The normalized spacial score (nSPS) is 14.1. The standard InChI is InChI=1S/C10H11N5/c11-10-7-3-1-4-8(7)14-15(10)9-5-2-6-12-13-9/h2,5-6H,1,3-4,11H2. The lowest BCUT2D eigenvalue weighted by molar-refractivity contribution is 0.776. The molecule has 15 heavy (non-hydrogen) atoms. The fourth-order valence-electron chi connectivity index (χ4n) is 2.00. The van der Waals surface area contributed by atoms with Gasteiger partial charge in [0.2, 0.25) is 0 Å². The topological polar surface area (TPSA) is 69.6 Å². The van der Waals surface area contributed by atoms with Gasteiger partial charge in [-0.05, 0) is 31.4 Å². The average molecular weight is 201 g/mol. The van der Waals surface area contributed by atoms with Crippen LogP contribution in [0.1, 0.15) is 17.7 Å². The smallest absolute Gasteiger partial charge is 0.177 e. The number of hydrogen-bond donors (Lipinski definition) is 1. The highest BCUT2D eigenvalue weighted by molar-refractivity contribution is 5.49. The Hall–Kier alpha value is -1.91. The second-order valence-electron chi connectivity index (χ2n) is 3.66. The van der Waals surface area contributed by atoms with E-state index in [1.807, 2.05) is 12.1 Å². The van der Waals surface area contributed by atoms with Gasteiger partial charge in [-0.3, -0.25) is 0 Å². The van der Waals surface area contributed by atoms with Crippen molar-refractivity contribution in [1.82, 2.24) is 20.0 Å². The molecule has 0 bridgehead atoms. The number of aromatic nitrogens is 4. The molecule has 0 saturated heterocycles. The lowest BCUT2D eigenvalue weighted by atomic mass is 10.2. The molecule has 3 rings (SSSR count). The molecule has 0 saturated carbocycles. The molecule has 0 radical (unpaired) electrons. The van der Waals surface area contributed by atoms with E-state index in [1.54, 1.807) is 10.9 Å². The SMILES string of the molecule is Nc1c2c(nn1-c1cccnn1)CCC2. The van der Waals surface area contributed by atoms with Crippen LogP contribution in [-0.4, -0.2) is 20.0 Å². The zero-order chi connectivity index (χ0) is 10.3. The summed E-state index contributed by atoms with van der Waals surface area (Å²) >= 11 is 0. The highest BCUT2D eigenvalue weighted by Gasteiger charge is 2.21. The third kappa shape index (κ3) is 1.20. The Labute approximate surface area is 86.9 Å². The third-order valence-corrected chi connectivity index (χ3v) is 2.72. The number of anilines is 1. The lowest BCUT2D eigenvalue weighted by Crippen LogP contribution is -2.06. The van der Waals surface area contributed by atoms with Gasteiger partial charge >= 0.3 is 0 Å². The number of aryl methyl sites for hydroxylation is 1. The molecular weight excluding hydrogens is 190 g/mol. The Balaban J connectivity index is 2.14. The number of rotatable bonds is 1. The van der Waals surface area contributed by atoms with E-state index in [4.69, 9.17) is 5.73 Å². The quantitative estimate of drug-likeness (QED) is 0.738. The molecule has 0 aromatic carbocycles. The maximum atomic E-state index is 6.02. The molecule has 0 spiro atoms. The van der Waals surface area contributed by atoms with Crippen LogP contribution in [-0.2, 0) is 12.8 Å². The minimum absolute atomic E-state index is 0.685. The number of nitrogens with zero attached hydrogens (tertiary/aromatic N) is 4. The van der Waals surface area contributed by atoms with E-state index in [2.05, 4.69) is 15.3 Å². The van der Waals surface area contributed by atoms with Gasteiger partial charge in [0.25, 0.3) is 0 Å². The first-order chi connectivity index (χ1) is 7.36. The molecule has 5 heteroatoms. The van der Waals surface area contributed by atoms with Crippen molar-refractivity contribution in [2.45, 2.75) is 19.3 Å². The molecule has 2 aromatic heterocycles. The summed E-state index contributed by atoms with van der Waals surface area (Å²) in [5, 5.41) is 12.3. The Kier molecular flexibility index (Phi) is 1.71. The second-order valence-corrected chi connectivity index (χ2v) is 3.66. The van der Waals surface area contributed by atoms with Crippen LogP contribution in [0.2, 0.25) is 0 Å². The molecule has 0 fully saturated rings. The van der Waals surface area contributed by atoms with Crippen molar-refractivity contribution in [3.05, 3.63) is 29.6 Å². The van der Waals surface area contributed by atoms with Crippen molar-refractivity contribution in [1.29, 1.82) is 0 Å². The van der Waals surface area contributed by atoms with E-state index in [0.717, 1.165) is 25.0 Å². The Bertz CT molecular complexity index is 488. The van der Waals surface area contributed by atoms with Crippen LogP contribution in [0.5, 0.6) is 0 Å². The Morgan fingerprint density at radius 2 is 2.27 bits per heavy atom. The summed E-state index contributed by atoms with van der Waals surface area (Å²) in [6, 6.07) is 3.68. The highest BCUT2D eigenvalue weighted by Crippen LogP contribution is 2.27. The molecule has 2 heterocycles. The Morgan fingerprint density at radius 1 is 1.33 bits per heavy atom. The van der Waals surface area contributed by atoms with Crippen LogP contribution in [0, 0.1) is 0 Å². The molecule has 2 N–H and O–H groups in total. The first kappa shape index (κ1) is 8.40. The van der Waals surface area contributed by atoms with Gasteiger partial charge in [0, 0.05) is 11.8 Å². The van der Waals surface area contributed by atoms with Crippen molar-refractivity contribution in [3.8, 4) is 5.82 Å².